The topological polar surface area (TPSA) is 30.5 Å². The maximum Gasteiger partial charge on any atom is 0.171 e. The van der Waals surface area contributed by atoms with E-state index in [0.29, 0.717) is 12.6 Å². The maximum atomic E-state index is 5.09. The second-order valence-electron chi connectivity index (χ2n) is 4.27. The van der Waals surface area contributed by atoms with Crippen molar-refractivity contribution in [1.29, 1.82) is 0 Å². The number of hydrogen-bond donors (Lipinski definition) is 1. The van der Waals surface area contributed by atoms with E-state index < -0.39 is 0 Å². The van der Waals surface area contributed by atoms with Gasteiger partial charge in [-0.3, -0.25) is 0 Å². The fourth-order valence-electron chi connectivity index (χ4n) is 2.06. The first-order chi connectivity index (χ1) is 7.83. The Kier molecular flexibility index (Phi) is 3.80. The van der Waals surface area contributed by atoms with E-state index in [1.165, 1.54) is 18.4 Å². The van der Waals surface area contributed by atoms with Crippen LogP contribution >= 0.6 is 0 Å². The third-order valence-electron chi connectivity index (χ3n) is 3.02. The molecule has 2 rings (SSSR count). The molecule has 0 aliphatic carbocycles. The van der Waals surface area contributed by atoms with Crippen LogP contribution in [0.3, 0.4) is 0 Å². The zero-order chi connectivity index (χ0) is 11.4. The first-order valence-electron chi connectivity index (χ1n) is 5.92. The molecule has 0 saturated heterocycles. The largest absolute Gasteiger partial charge is 0.337 e. The van der Waals surface area contributed by atoms with Crippen LogP contribution in [0.1, 0.15) is 30.9 Å². The van der Waals surface area contributed by atoms with Gasteiger partial charge in [0.15, 0.2) is 5.75 Å². The molecule has 1 aliphatic heterocycles. The van der Waals surface area contributed by atoms with Gasteiger partial charge in [0.25, 0.3) is 0 Å². The average molecular weight is 221 g/mol. The second kappa shape index (κ2) is 5.32. The second-order valence-corrected chi connectivity index (χ2v) is 4.27. The van der Waals surface area contributed by atoms with E-state index in [1.807, 2.05) is 7.05 Å². The minimum atomic E-state index is 0.547. The van der Waals surface area contributed by atoms with Crippen molar-refractivity contribution in [3.8, 4) is 5.75 Å². The van der Waals surface area contributed by atoms with Crippen molar-refractivity contribution in [2.24, 2.45) is 0 Å². The minimum absolute atomic E-state index is 0.547. The van der Waals surface area contributed by atoms with Crippen LogP contribution in [-0.2, 0) is 17.9 Å². The molecule has 1 atom stereocenters. The van der Waals surface area contributed by atoms with E-state index >= 15 is 0 Å². The Bertz CT molecular complexity index is 352. The number of hydrogen-bond acceptors (Lipinski definition) is 3. The van der Waals surface area contributed by atoms with Crippen LogP contribution in [0.15, 0.2) is 18.2 Å². The molecule has 16 heavy (non-hydrogen) atoms. The van der Waals surface area contributed by atoms with Gasteiger partial charge in [-0.1, -0.05) is 25.5 Å². The van der Waals surface area contributed by atoms with Crippen LogP contribution in [0, 0.1) is 0 Å². The summed E-state index contributed by atoms with van der Waals surface area (Å²) in [6.45, 7) is 2.78. The molecular weight excluding hydrogens is 202 g/mol. The van der Waals surface area contributed by atoms with E-state index in [0.717, 1.165) is 17.7 Å². The average Bonchev–Trinajstić information content (AvgIpc) is 2.75. The summed E-state index contributed by atoms with van der Waals surface area (Å²) in [6.07, 6.45) is 3.45. The van der Waals surface area contributed by atoms with Crippen LogP contribution in [0.5, 0.6) is 5.75 Å². The number of rotatable bonds is 5. The molecule has 0 spiro atoms. The van der Waals surface area contributed by atoms with Gasteiger partial charge in [-0.05, 0) is 31.5 Å². The summed E-state index contributed by atoms with van der Waals surface area (Å²) < 4.78 is 0. The fourth-order valence-corrected chi connectivity index (χ4v) is 2.06. The molecule has 3 nitrogen and oxygen atoms in total. The molecule has 1 aromatic rings. The number of fused-ring (bicyclic) bond motifs is 1. The Labute approximate surface area is 96.7 Å². The van der Waals surface area contributed by atoms with Gasteiger partial charge in [-0.2, -0.15) is 4.89 Å². The maximum absolute atomic E-state index is 5.09. The quantitative estimate of drug-likeness (QED) is 0.775. The summed E-state index contributed by atoms with van der Waals surface area (Å²) in [5, 5.41) is 3.35. The van der Waals surface area contributed by atoms with E-state index in [-0.39, 0.29) is 0 Å². The lowest BCUT2D eigenvalue weighted by molar-refractivity contribution is -0.194. The van der Waals surface area contributed by atoms with Crippen LogP contribution in [0.25, 0.3) is 0 Å². The molecule has 88 valence electrons. The Hall–Kier alpha value is -1.06. The standard InChI is InChI=1S/C13H19NO2/c1-3-4-12(14-2)7-10-5-6-11-9-15-16-13(11)8-10/h5-6,8,12,14H,3-4,7,9H2,1-2H3. The van der Waals surface area contributed by atoms with E-state index in [9.17, 15) is 0 Å². The highest BCUT2D eigenvalue weighted by Gasteiger charge is 2.15. The molecule has 1 N–H and O–H groups in total. The summed E-state index contributed by atoms with van der Waals surface area (Å²) in [5.74, 6) is 0.879. The molecule has 1 heterocycles. The first kappa shape index (κ1) is 11.4. The van der Waals surface area contributed by atoms with Gasteiger partial charge in [0.2, 0.25) is 0 Å². The van der Waals surface area contributed by atoms with E-state index in [1.54, 1.807) is 0 Å². The van der Waals surface area contributed by atoms with Crippen molar-refractivity contribution in [1.82, 2.24) is 5.32 Å². The number of nitrogens with one attached hydrogen (secondary N) is 1. The molecule has 0 fully saturated rings. The van der Waals surface area contributed by atoms with Gasteiger partial charge in [-0.15, -0.1) is 0 Å². The normalized spacial score (nSPS) is 15.6. The van der Waals surface area contributed by atoms with Gasteiger partial charge < -0.3 is 10.2 Å². The highest BCUT2D eigenvalue weighted by atomic mass is 17.2. The number of likely N-dealkylation sites (N-methyl/N-ethyl adjacent to an activating group) is 1. The van der Waals surface area contributed by atoms with Crippen LogP contribution < -0.4 is 10.2 Å². The zero-order valence-corrected chi connectivity index (χ0v) is 9.95. The van der Waals surface area contributed by atoms with Crippen molar-refractivity contribution >= 4 is 0 Å². The monoisotopic (exact) mass is 221 g/mol. The van der Waals surface area contributed by atoms with Crippen molar-refractivity contribution in [2.75, 3.05) is 7.05 Å². The van der Waals surface area contributed by atoms with Gasteiger partial charge in [0.1, 0.15) is 6.61 Å². The predicted octanol–water partition coefficient (Wildman–Crippen LogP) is 2.44. The molecule has 0 aromatic heterocycles. The summed E-state index contributed by atoms with van der Waals surface area (Å²) in [7, 11) is 2.02. The summed E-state index contributed by atoms with van der Waals surface area (Å²) >= 11 is 0. The Morgan fingerprint density at radius 1 is 1.44 bits per heavy atom. The fraction of sp³-hybridized carbons (Fsp3) is 0.538. The molecule has 0 amide bonds. The number of benzene rings is 1. The van der Waals surface area contributed by atoms with Gasteiger partial charge in [0, 0.05) is 11.6 Å². The van der Waals surface area contributed by atoms with E-state index in [4.69, 9.17) is 9.78 Å². The van der Waals surface area contributed by atoms with Crippen molar-refractivity contribution in [3.63, 3.8) is 0 Å². The zero-order valence-electron chi connectivity index (χ0n) is 9.95. The Morgan fingerprint density at radius 2 is 2.31 bits per heavy atom. The molecular formula is C13H19NO2. The molecule has 0 radical (unpaired) electrons. The van der Waals surface area contributed by atoms with Crippen LogP contribution in [-0.4, -0.2) is 13.1 Å². The molecule has 1 aliphatic rings. The van der Waals surface area contributed by atoms with Crippen LogP contribution in [0.4, 0.5) is 0 Å². The molecule has 1 aromatic carbocycles. The predicted molar refractivity (Wildman–Crippen MR) is 63.3 cm³/mol. The lowest BCUT2D eigenvalue weighted by atomic mass is 10.0. The molecule has 0 saturated carbocycles. The SMILES string of the molecule is CCCC(Cc1ccc2c(c1)OOC2)NC. The Balaban J connectivity index is 2.04. The third kappa shape index (κ3) is 2.54. The van der Waals surface area contributed by atoms with Gasteiger partial charge >= 0.3 is 0 Å². The third-order valence-corrected chi connectivity index (χ3v) is 3.02. The van der Waals surface area contributed by atoms with Crippen molar-refractivity contribution in [2.45, 2.75) is 38.8 Å². The molecule has 3 heteroatoms. The molecule has 0 bridgehead atoms. The van der Waals surface area contributed by atoms with E-state index in [2.05, 4.69) is 30.4 Å². The smallest absolute Gasteiger partial charge is 0.171 e. The lowest BCUT2D eigenvalue weighted by Gasteiger charge is -2.15. The first-order valence-corrected chi connectivity index (χ1v) is 5.92. The van der Waals surface area contributed by atoms with Crippen LogP contribution in [0.2, 0.25) is 0 Å². The van der Waals surface area contributed by atoms with Crippen molar-refractivity contribution < 1.29 is 9.78 Å². The Morgan fingerprint density at radius 3 is 3.06 bits per heavy atom. The van der Waals surface area contributed by atoms with Gasteiger partial charge in [0.05, 0.1) is 0 Å². The van der Waals surface area contributed by atoms with Gasteiger partial charge in [-0.25, -0.2) is 0 Å². The summed E-state index contributed by atoms with van der Waals surface area (Å²) in [5.41, 5.74) is 2.44. The highest BCUT2D eigenvalue weighted by molar-refractivity contribution is 5.38. The lowest BCUT2D eigenvalue weighted by Crippen LogP contribution is -2.27. The van der Waals surface area contributed by atoms with Crippen molar-refractivity contribution in [3.05, 3.63) is 29.3 Å². The summed E-state index contributed by atoms with van der Waals surface area (Å²) in [4.78, 5) is 10.0. The highest BCUT2D eigenvalue weighted by Crippen LogP contribution is 2.27. The summed E-state index contributed by atoms with van der Waals surface area (Å²) in [6, 6.07) is 6.89. The molecule has 1 unspecified atom stereocenters. The minimum Gasteiger partial charge on any atom is -0.337 e.